The first-order valence-electron chi connectivity index (χ1n) is 5.40. The van der Waals surface area contributed by atoms with Crippen LogP contribution in [-0.4, -0.2) is 32.1 Å². The highest BCUT2D eigenvalue weighted by Gasteiger charge is 2.08. The lowest BCUT2D eigenvalue weighted by Gasteiger charge is -2.03. The van der Waals surface area contributed by atoms with Crippen molar-refractivity contribution in [2.45, 2.75) is 6.54 Å². The van der Waals surface area contributed by atoms with Crippen LogP contribution in [0.1, 0.15) is 21.6 Å². The number of hydrogen-bond donors (Lipinski definition) is 4. The summed E-state index contributed by atoms with van der Waals surface area (Å²) >= 11 is 0. The Morgan fingerprint density at radius 2 is 2.32 bits per heavy atom. The molecule has 0 bridgehead atoms. The first-order valence-corrected chi connectivity index (χ1v) is 5.40. The average molecular weight is 260 g/mol. The Morgan fingerprint density at radius 3 is 2.89 bits per heavy atom. The molecule has 19 heavy (non-hydrogen) atoms. The maximum atomic E-state index is 11.8. The van der Waals surface area contributed by atoms with Crippen molar-refractivity contribution in [3.05, 3.63) is 47.5 Å². The zero-order valence-corrected chi connectivity index (χ0v) is 9.87. The molecule has 0 saturated carbocycles. The second kappa shape index (κ2) is 5.63. The van der Waals surface area contributed by atoms with Gasteiger partial charge in [0.1, 0.15) is 5.69 Å². The van der Waals surface area contributed by atoms with Crippen molar-refractivity contribution in [2.24, 2.45) is 10.9 Å². The first kappa shape index (κ1) is 12.6. The molecule has 8 nitrogen and oxygen atoms in total. The Kier molecular flexibility index (Phi) is 3.72. The maximum Gasteiger partial charge on any atom is 0.270 e. The Balaban J connectivity index is 1.99. The van der Waals surface area contributed by atoms with Gasteiger partial charge in [0.15, 0.2) is 5.84 Å². The van der Waals surface area contributed by atoms with Gasteiger partial charge in [-0.15, -0.1) is 0 Å². The first-order chi connectivity index (χ1) is 9.20. The van der Waals surface area contributed by atoms with Crippen LogP contribution >= 0.6 is 0 Å². The standard InChI is InChI=1S/C11H12N6O2/c12-10(17-19)8-1-2-9(13-6-8)11(18)14-3-7-4-15-16-5-7/h1-2,4-6,19H,3H2,(H2,12,17)(H,14,18)(H,15,16). The summed E-state index contributed by atoms with van der Waals surface area (Å²) in [6.07, 6.45) is 4.67. The number of aromatic amines is 1. The van der Waals surface area contributed by atoms with Crippen molar-refractivity contribution in [3.63, 3.8) is 0 Å². The van der Waals surface area contributed by atoms with Crippen LogP contribution in [0, 0.1) is 0 Å². The molecule has 0 fully saturated rings. The number of amides is 1. The maximum absolute atomic E-state index is 11.8. The van der Waals surface area contributed by atoms with E-state index < -0.39 is 0 Å². The van der Waals surface area contributed by atoms with E-state index in [1.54, 1.807) is 18.5 Å². The third kappa shape index (κ3) is 3.06. The van der Waals surface area contributed by atoms with E-state index in [2.05, 4.69) is 25.7 Å². The van der Waals surface area contributed by atoms with Crippen LogP contribution in [0.5, 0.6) is 0 Å². The number of H-pyrrole nitrogens is 1. The number of nitrogens with two attached hydrogens (primary N) is 1. The lowest BCUT2D eigenvalue weighted by Crippen LogP contribution is -2.24. The Hall–Kier alpha value is -2.90. The smallest absolute Gasteiger partial charge is 0.270 e. The zero-order valence-electron chi connectivity index (χ0n) is 9.87. The number of carbonyl (C=O) groups is 1. The summed E-state index contributed by atoms with van der Waals surface area (Å²) in [5.74, 6) is -0.370. The summed E-state index contributed by atoms with van der Waals surface area (Å²) in [6, 6.07) is 3.05. The zero-order chi connectivity index (χ0) is 13.7. The molecule has 2 aromatic heterocycles. The van der Waals surface area contributed by atoms with Crippen molar-refractivity contribution in [1.29, 1.82) is 0 Å². The molecule has 0 aliphatic rings. The van der Waals surface area contributed by atoms with Crippen molar-refractivity contribution in [3.8, 4) is 0 Å². The number of carbonyl (C=O) groups excluding carboxylic acids is 1. The number of amidine groups is 1. The van der Waals surface area contributed by atoms with Crippen LogP contribution in [0.4, 0.5) is 0 Å². The SMILES string of the molecule is NC(=NO)c1ccc(C(=O)NCc2cn[nH]c2)nc1. The molecule has 5 N–H and O–H groups in total. The van der Waals surface area contributed by atoms with E-state index in [0.29, 0.717) is 12.1 Å². The van der Waals surface area contributed by atoms with Crippen LogP contribution < -0.4 is 11.1 Å². The third-order valence-corrected chi connectivity index (χ3v) is 2.41. The predicted molar refractivity (Wildman–Crippen MR) is 66.5 cm³/mol. The second-order valence-corrected chi connectivity index (χ2v) is 3.71. The number of nitrogens with one attached hydrogen (secondary N) is 2. The van der Waals surface area contributed by atoms with Gasteiger partial charge in [0, 0.05) is 30.1 Å². The van der Waals surface area contributed by atoms with Crippen LogP contribution in [0.3, 0.4) is 0 Å². The van der Waals surface area contributed by atoms with Crippen LogP contribution in [0.2, 0.25) is 0 Å². The highest BCUT2D eigenvalue weighted by molar-refractivity contribution is 5.98. The minimum absolute atomic E-state index is 0.0575. The fraction of sp³-hybridized carbons (Fsp3) is 0.0909. The van der Waals surface area contributed by atoms with Gasteiger partial charge in [-0.25, -0.2) is 0 Å². The second-order valence-electron chi connectivity index (χ2n) is 3.71. The number of pyridine rings is 1. The van der Waals surface area contributed by atoms with Gasteiger partial charge in [0.2, 0.25) is 0 Å². The molecular formula is C11H12N6O2. The fourth-order valence-corrected chi connectivity index (χ4v) is 1.38. The molecule has 8 heteroatoms. The van der Waals surface area contributed by atoms with E-state index in [-0.39, 0.29) is 17.4 Å². The number of rotatable bonds is 4. The van der Waals surface area contributed by atoms with Gasteiger partial charge < -0.3 is 16.3 Å². The van der Waals surface area contributed by atoms with Crippen molar-refractivity contribution in [1.82, 2.24) is 20.5 Å². The number of nitrogens with zero attached hydrogens (tertiary/aromatic N) is 3. The van der Waals surface area contributed by atoms with E-state index in [0.717, 1.165) is 5.56 Å². The average Bonchev–Trinajstić information content (AvgIpc) is 2.97. The van der Waals surface area contributed by atoms with E-state index in [9.17, 15) is 4.79 Å². The minimum Gasteiger partial charge on any atom is -0.409 e. The van der Waals surface area contributed by atoms with Crippen molar-refractivity contribution in [2.75, 3.05) is 0 Å². The van der Waals surface area contributed by atoms with Crippen LogP contribution in [-0.2, 0) is 6.54 Å². The van der Waals surface area contributed by atoms with Crippen LogP contribution in [0.15, 0.2) is 35.9 Å². The van der Waals surface area contributed by atoms with Gasteiger partial charge in [-0.2, -0.15) is 5.10 Å². The highest BCUT2D eigenvalue weighted by Crippen LogP contribution is 2.01. The minimum atomic E-state index is -0.313. The predicted octanol–water partition coefficient (Wildman–Crippen LogP) is -0.171. The molecule has 0 aliphatic carbocycles. The third-order valence-electron chi connectivity index (χ3n) is 2.41. The molecule has 0 radical (unpaired) electrons. The van der Waals surface area contributed by atoms with Gasteiger partial charge in [0.05, 0.1) is 6.20 Å². The van der Waals surface area contributed by atoms with E-state index >= 15 is 0 Å². The Labute approximate surface area is 108 Å². The summed E-state index contributed by atoms with van der Waals surface area (Å²) in [4.78, 5) is 15.7. The molecule has 0 saturated heterocycles. The molecular weight excluding hydrogens is 248 g/mol. The number of oxime groups is 1. The van der Waals surface area contributed by atoms with Gasteiger partial charge in [-0.05, 0) is 12.1 Å². The summed E-state index contributed by atoms with van der Waals surface area (Å²) in [5.41, 5.74) is 6.94. The highest BCUT2D eigenvalue weighted by atomic mass is 16.4. The van der Waals surface area contributed by atoms with Crippen molar-refractivity contribution >= 4 is 11.7 Å². The molecule has 1 amide bonds. The molecule has 0 aliphatic heterocycles. The largest absolute Gasteiger partial charge is 0.409 e. The molecule has 2 aromatic rings. The summed E-state index contributed by atoms with van der Waals surface area (Å²) < 4.78 is 0. The normalized spacial score (nSPS) is 11.3. The molecule has 2 heterocycles. The monoisotopic (exact) mass is 260 g/mol. The van der Waals surface area contributed by atoms with Gasteiger partial charge >= 0.3 is 0 Å². The van der Waals surface area contributed by atoms with Gasteiger partial charge in [0.25, 0.3) is 5.91 Å². The quantitative estimate of drug-likeness (QED) is 0.262. The number of hydrogen-bond acceptors (Lipinski definition) is 5. The molecule has 0 unspecified atom stereocenters. The van der Waals surface area contributed by atoms with Gasteiger partial charge in [-0.3, -0.25) is 14.9 Å². The molecule has 0 atom stereocenters. The van der Waals surface area contributed by atoms with Gasteiger partial charge in [-0.1, -0.05) is 5.16 Å². The Morgan fingerprint density at radius 1 is 1.47 bits per heavy atom. The van der Waals surface area contributed by atoms with E-state index in [1.165, 1.54) is 12.3 Å². The summed E-state index contributed by atoms with van der Waals surface area (Å²) in [6.45, 7) is 0.360. The topological polar surface area (TPSA) is 129 Å². The van der Waals surface area contributed by atoms with E-state index in [4.69, 9.17) is 10.9 Å². The fourth-order valence-electron chi connectivity index (χ4n) is 1.38. The summed E-state index contributed by atoms with van der Waals surface area (Å²) in [7, 11) is 0. The lowest BCUT2D eigenvalue weighted by atomic mass is 10.2. The summed E-state index contributed by atoms with van der Waals surface area (Å²) in [5, 5.41) is 20.5. The van der Waals surface area contributed by atoms with Crippen molar-refractivity contribution < 1.29 is 10.0 Å². The van der Waals surface area contributed by atoms with Crippen LogP contribution in [0.25, 0.3) is 0 Å². The lowest BCUT2D eigenvalue weighted by molar-refractivity contribution is 0.0946. The molecule has 98 valence electrons. The Bertz CT molecular complexity index is 576. The molecule has 2 rings (SSSR count). The molecule has 0 spiro atoms. The molecule has 0 aromatic carbocycles. The van der Waals surface area contributed by atoms with E-state index in [1.807, 2.05) is 0 Å². The number of aromatic nitrogens is 3.